The SMILES string of the molecule is CCC(Sc1cccc(NC(=O)Cc2ccc(Cl)cc2)c1)C(=O)Nc1sc2c(c1C(=O)OC)CCCCCC2. The lowest BCUT2D eigenvalue weighted by Crippen LogP contribution is -2.25. The molecule has 4 rings (SSSR count). The summed E-state index contributed by atoms with van der Waals surface area (Å²) < 4.78 is 5.10. The number of hydrogen-bond acceptors (Lipinski definition) is 6. The molecule has 0 spiro atoms. The van der Waals surface area contributed by atoms with E-state index in [9.17, 15) is 14.4 Å². The third kappa shape index (κ3) is 7.87. The van der Waals surface area contributed by atoms with E-state index in [1.165, 1.54) is 41.5 Å². The summed E-state index contributed by atoms with van der Waals surface area (Å²) in [5.41, 5.74) is 3.08. The van der Waals surface area contributed by atoms with Crippen LogP contribution in [-0.4, -0.2) is 30.1 Å². The Balaban J connectivity index is 1.44. The van der Waals surface area contributed by atoms with E-state index < -0.39 is 5.97 Å². The minimum atomic E-state index is -0.397. The molecule has 6 nitrogen and oxygen atoms in total. The summed E-state index contributed by atoms with van der Waals surface area (Å²) in [6.45, 7) is 1.96. The first-order valence-electron chi connectivity index (χ1n) is 13.2. The number of halogens is 1. The van der Waals surface area contributed by atoms with Gasteiger partial charge in [-0.15, -0.1) is 23.1 Å². The van der Waals surface area contributed by atoms with Gasteiger partial charge in [-0.25, -0.2) is 4.79 Å². The van der Waals surface area contributed by atoms with Gasteiger partial charge in [0.25, 0.3) is 0 Å². The fourth-order valence-electron chi connectivity index (χ4n) is 4.64. The number of thiophene rings is 1. The zero-order valence-electron chi connectivity index (χ0n) is 22.2. The number of methoxy groups -OCH3 is 1. The summed E-state index contributed by atoms with van der Waals surface area (Å²) in [6, 6.07) is 14.7. The zero-order chi connectivity index (χ0) is 27.8. The molecule has 0 saturated carbocycles. The monoisotopic (exact) mass is 584 g/mol. The lowest BCUT2D eigenvalue weighted by Gasteiger charge is -2.16. The van der Waals surface area contributed by atoms with Crippen molar-refractivity contribution in [2.24, 2.45) is 0 Å². The number of carbonyl (C=O) groups is 3. The first-order chi connectivity index (χ1) is 18.9. The Kier molecular flexibility index (Phi) is 10.5. The smallest absolute Gasteiger partial charge is 0.341 e. The van der Waals surface area contributed by atoms with E-state index in [0.29, 0.717) is 27.7 Å². The van der Waals surface area contributed by atoms with Crippen LogP contribution in [0.5, 0.6) is 0 Å². The van der Waals surface area contributed by atoms with Crippen molar-refractivity contribution in [3.05, 3.63) is 75.1 Å². The zero-order valence-corrected chi connectivity index (χ0v) is 24.6. The fourth-order valence-corrected chi connectivity index (χ4v) is 7.06. The molecule has 1 unspecified atom stereocenters. The number of carbonyl (C=O) groups excluding carboxylic acids is 3. The molecule has 2 N–H and O–H groups in total. The van der Waals surface area contributed by atoms with Gasteiger partial charge in [-0.2, -0.15) is 0 Å². The molecule has 1 heterocycles. The average molecular weight is 585 g/mol. The molecule has 9 heteroatoms. The van der Waals surface area contributed by atoms with E-state index in [4.69, 9.17) is 16.3 Å². The predicted molar refractivity (Wildman–Crippen MR) is 160 cm³/mol. The van der Waals surface area contributed by atoms with Crippen LogP contribution < -0.4 is 10.6 Å². The molecule has 1 aliphatic rings. The van der Waals surface area contributed by atoms with Gasteiger partial charge < -0.3 is 15.4 Å². The largest absolute Gasteiger partial charge is 0.465 e. The normalized spacial score (nSPS) is 13.9. The van der Waals surface area contributed by atoms with Crippen LogP contribution in [0, 0.1) is 0 Å². The molecular formula is C30H33ClN2O4S2. The van der Waals surface area contributed by atoms with Crippen LogP contribution in [0.4, 0.5) is 10.7 Å². The van der Waals surface area contributed by atoms with Gasteiger partial charge in [0, 0.05) is 20.5 Å². The van der Waals surface area contributed by atoms with Crippen molar-refractivity contribution in [3.8, 4) is 0 Å². The Hall–Kier alpha value is -2.81. The summed E-state index contributed by atoms with van der Waals surface area (Å²) in [5, 5.41) is 6.83. The molecule has 39 heavy (non-hydrogen) atoms. The van der Waals surface area contributed by atoms with Crippen LogP contribution in [0.3, 0.4) is 0 Å². The molecule has 0 bridgehead atoms. The second kappa shape index (κ2) is 14.0. The van der Waals surface area contributed by atoms with Crippen LogP contribution in [0.15, 0.2) is 53.4 Å². The summed E-state index contributed by atoms with van der Waals surface area (Å²) in [7, 11) is 1.38. The van der Waals surface area contributed by atoms with Crippen molar-refractivity contribution in [3.63, 3.8) is 0 Å². The molecule has 2 amide bonds. The maximum Gasteiger partial charge on any atom is 0.341 e. The Labute approximate surface area is 242 Å². The number of benzene rings is 2. The van der Waals surface area contributed by atoms with Crippen molar-refractivity contribution < 1.29 is 19.1 Å². The van der Waals surface area contributed by atoms with Gasteiger partial charge in [0.1, 0.15) is 5.00 Å². The quantitative estimate of drug-likeness (QED) is 0.200. The highest BCUT2D eigenvalue weighted by Crippen LogP contribution is 2.38. The number of esters is 1. The van der Waals surface area contributed by atoms with Crippen LogP contribution >= 0.6 is 34.7 Å². The maximum absolute atomic E-state index is 13.4. The van der Waals surface area contributed by atoms with E-state index in [1.807, 2.05) is 43.3 Å². The van der Waals surface area contributed by atoms with Crippen LogP contribution in [-0.2, 0) is 33.6 Å². The Bertz CT molecular complexity index is 1320. The summed E-state index contributed by atoms with van der Waals surface area (Å²) in [6.07, 6.45) is 7.03. The van der Waals surface area contributed by atoms with Gasteiger partial charge in [-0.05, 0) is 73.6 Å². The van der Waals surface area contributed by atoms with Gasteiger partial charge in [0.05, 0.1) is 24.3 Å². The van der Waals surface area contributed by atoms with Crippen LogP contribution in [0.2, 0.25) is 5.02 Å². The Morgan fingerprint density at radius 3 is 2.49 bits per heavy atom. The molecule has 1 aromatic heterocycles. The molecule has 206 valence electrons. The number of ether oxygens (including phenoxy) is 1. The van der Waals surface area contributed by atoms with Gasteiger partial charge in [0.15, 0.2) is 0 Å². The Morgan fingerprint density at radius 2 is 1.77 bits per heavy atom. The maximum atomic E-state index is 13.4. The van der Waals surface area contributed by atoms with Crippen LogP contribution in [0.1, 0.15) is 65.4 Å². The molecule has 2 aromatic carbocycles. The lowest BCUT2D eigenvalue weighted by molar-refractivity contribution is -0.116. The van der Waals surface area contributed by atoms with E-state index in [2.05, 4.69) is 10.6 Å². The van der Waals surface area contributed by atoms with Gasteiger partial charge in [-0.1, -0.05) is 49.6 Å². The summed E-state index contributed by atoms with van der Waals surface area (Å²) >= 11 is 8.87. The highest BCUT2D eigenvalue weighted by molar-refractivity contribution is 8.00. The van der Waals surface area contributed by atoms with E-state index in [0.717, 1.165) is 48.1 Å². The first-order valence-corrected chi connectivity index (χ1v) is 15.3. The first kappa shape index (κ1) is 29.2. The summed E-state index contributed by atoms with van der Waals surface area (Å²) in [5.74, 6) is -0.682. The molecule has 0 fully saturated rings. The predicted octanol–water partition coefficient (Wildman–Crippen LogP) is 7.54. The molecule has 1 atom stereocenters. The standard InChI is InChI=1S/C30H33ClN2O4S2/c1-3-24(28(35)33-29-27(30(36)37-2)23-11-6-4-5-7-12-25(23)39-29)38-22-10-8-9-21(18-22)32-26(34)17-19-13-15-20(31)16-14-19/h8-10,13-16,18,24H,3-7,11-12,17H2,1-2H3,(H,32,34)(H,33,35). The minimum Gasteiger partial charge on any atom is -0.465 e. The van der Waals surface area contributed by atoms with Gasteiger partial charge >= 0.3 is 5.97 Å². The number of rotatable bonds is 9. The number of anilines is 2. The number of aryl methyl sites for hydroxylation is 1. The van der Waals surface area contributed by atoms with E-state index >= 15 is 0 Å². The van der Waals surface area contributed by atoms with Crippen molar-refractivity contribution >= 4 is 63.2 Å². The van der Waals surface area contributed by atoms with E-state index in [1.54, 1.807) is 12.1 Å². The van der Waals surface area contributed by atoms with Gasteiger partial charge in [0.2, 0.25) is 11.8 Å². The topological polar surface area (TPSA) is 84.5 Å². The average Bonchev–Trinajstić information content (AvgIpc) is 3.23. The molecule has 0 aliphatic heterocycles. The third-order valence-electron chi connectivity index (χ3n) is 6.63. The van der Waals surface area contributed by atoms with Crippen LogP contribution in [0.25, 0.3) is 0 Å². The Morgan fingerprint density at radius 1 is 1.03 bits per heavy atom. The van der Waals surface area contributed by atoms with Gasteiger partial charge in [-0.3, -0.25) is 9.59 Å². The number of nitrogens with one attached hydrogen (secondary N) is 2. The second-order valence-corrected chi connectivity index (χ2v) is 12.3. The highest BCUT2D eigenvalue weighted by Gasteiger charge is 2.28. The number of hydrogen-bond donors (Lipinski definition) is 2. The third-order valence-corrected chi connectivity index (χ3v) is 9.45. The van der Waals surface area contributed by atoms with Crippen molar-refractivity contribution in [2.45, 2.75) is 68.4 Å². The molecular weight excluding hydrogens is 552 g/mol. The summed E-state index contributed by atoms with van der Waals surface area (Å²) in [4.78, 5) is 40.7. The number of amides is 2. The highest BCUT2D eigenvalue weighted by atomic mass is 35.5. The fraction of sp³-hybridized carbons (Fsp3) is 0.367. The van der Waals surface area contributed by atoms with Crippen molar-refractivity contribution in [2.75, 3.05) is 17.7 Å². The second-order valence-electron chi connectivity index (χ2n) is 9.50. The molecule has 0 radical (unpaired) electrons. The van der Waals surface area contributed by atoms with Crippen molar-refractivity contribution in [1.82, 2.24) is 0 Å². The van der Waals surface area contributed by atoms with Crippen molar-refractivity contribution in [1.29, 1.82) is 0 Å². The lowest BCUT2D eigenvalue weighted by atomic mass is 9.96. The minimum absolute atomic E-state index is 0.132. The van der Waals surface area contributed by atoms with E-state index in [-0.39, 0.29) is 23.5 Å². The number of thioether (sulfide) groups is 1. The molecule has 3 aromatic rings. The molecule has 1 aliphatic carbocycles. The molecule has 0 saturated heterocycles. The number of fused-ring (bicyclic) bond motifs is 1.